The van der Waals surface area contributed by atoms with Crippen LogP contribution in [-0.4, -0.2) is 12.2 Å². The van der Waals surface area contributed by atoms with Crippen molar-refractivity contribution < 1.29 is 9.50 Å². The summed E-state index contributed by atoms with van der Waals surface area (Å²) in [5, 5.41) is 9.67. The van der Waals surface area contributed by atoms with E-state index in [-0.39, 0.29) is 5.75 Å². The molecule has 19 heavy (non-hydrogen) atoms. The first-order valence-electron chi connectivity index (χ1n) is 6.38. The monoisotopic (exact) mass is 259 g/mol. The average Bonchev–Trinajstić information content (AvgIpc) is 2.44. The molecule has 0 saturated carbocycles. The van der Waals surface area contributed by atoms with E-state index in [2.05, 4.69) is 19.1 Å². The number of rotatable bonds is 4. The first-order valence-corrected chi connectivity index (χ1v) is 6.38. The Hall–Kier alpha value is -2.03. The first kappa shape index (κ1) is 13.4. The average molecular weight is 259 g/mol. The molecule has 2 rings (SSSR count). The van der Waals surface area contributed by atoms with Crippen LogP contribution in [0.4, 0.5) is 10.1 Å². The van der Waals surface area contributed by atoms with Crippen molar-refractivity contribution in [1.29, 1.82) is 0 Å². The van der Waals surface area contributed by atoms with Gasteiger partial charge in [-0.25, -0.2) is 4.39 Å². The zero-order chi connectivity index (χ0) is 13.8. The zero-order valence-corrected chi connectivity index (χ0v) is 11.2. The molecule has 0 atom stereocenters. The highest BCUT2D eigenvalue weighted by molar-refractivity contribution is 5.48. The molecule has 0 fully saturated rings. The van der Waals surface area contributed by atoms with Gasteiger partial charge in [0.1, 0.15) is 0 Å². The van der Waals surface area contributed by atoms with Crippen LogP contribution in [0.5, 0.6) is 5.75 Å². The fraction of sp³-hybridized carbons (Fsp3) is 0.250. The van der Waals surface area contributed by atoms with Crippen LogP contribution >= 0.6 is 0 Å². The van der Waals surface area contributed by atoms with Crippen molar-refractivity contribution in [2.75, 3.05) is 11.9 Å². The molecule has 0 radical (unpaired) electrons. The van der Waals surface area contributed by atoms with Crippen LogP contribution in [0.2, 0.25) is 0 Å². The normalized spacial score (nSPS) is 10.5. The highest BCUT2D eigenvalue weighted by Crippen LogP contribution is 2.24. The number of benzene rings is 2. The van der Waals surface area contributed by atoms with Gasteiger partial charge in [-0.2, -0.15) is 0 Å². The maximum absolute atomic E-state index is 13.3. The molecular formula is C16H18FNO. The van der Waals surface area contributed by atoms with E-state index in [1.807, 2.05) is 24.1 Å². The molecule has 0 amide bonds. The lowest BCUT2D eigenvalue weighted by molar-refractivity contribution is 0.425. The Balaban J connectivity index is 2.15. The van der Waals surface area contributed by atoms with Crippen molar-refractivity contribution in [3.05, 3.63) is 59.4 Å². The van der Waals surface area contributed by atoms with Crippen LogP contribution in [0.25, 0.3) is 0 Å². The summed E-state index contributed by atoms with van der Waals surface area (Å²) in [5.74, 6) is -0.841. The Morgan fingerprint density at radius 2 is 1.79 bits per heavy atom. The van der Waals surface area contributed by atoms with Gasteiger partial charge in [0.2, 0.25) is 0 Å². The van der Waals surface area contributed by atoms with Gasteiger partial charge in [-0.05, 0) is 30.2 Å². The molecule has 0 heterocycles. The molecule has 0 saturated heterocycles. The summed E-state index contributed by atoms with van der Waals surface area (Å²) in [6.07, 6.45) is 1.01. The van der Waals surface area contributed by atoms with E-state index in [1.165, 1.54) is 11.6 Å². The Morgan fingerprint density at radius 3 is 2.42 bits per heavy atom. The van der Waals surface area contributed by atoms with Crippen LogP contribution in [0.1, 0.15) is 18.1 Å². The Kier molecular flexibility index (Phi) is 4.05. The highest BCUT2D eigenvalue weighted by Gasteiger charge is 2.09. The number of phenols is 1. The van der Waals surface area contributed by atoms with Gasteiger partial charge in [-0.1, -0.05) is 31.2 Å². The lowest BCUT2D eigenvalue weighted by atomic mass is 10.1. The SMILES string of the molecule is CCc1ccc(N(C)Cc2cccc(F)c2O)cc1. The number of hydrogen-bond acceptors (Lipinski definition) is 2. The van der Waals surface area contributed by atoms with Crippen molar-refractivity contribution in [3.63, 3.8) is 0 Å². The number of halogens is 1. The Morgan fingerprint density at radius 1 is 1.11 bits per heavy atom. The number of phenolic OH excluding ortho intramolecular Hbond substituents is 1. The van der Waals surface area contributed by atoms with E-state index in [1.54, 1.807) is 12.1 Å². The molecule has 2 nitrogen and oxygen atoms in total. The minimum Gasteiger partial charge on any atom is -0.505 e. The van der Waals surface area contributed by atoms with Crippen molar-refractivity contribution in [2.24, 2.45) is 0 Å². The third kappa shape index (κ3) is 3.05. The summed E-state index contributed by atoms with van der Waals surface area (Å²) in [6, 6.07) is 12.8. The molecule has 0 spiro atoms. The summed E-state index contributed by atoms with van der Waals surface area (Å²) in [5.41, 5.74) is 2.91. The molecule has 0 bridgehead atoms. The summed E-state index contributed by atoms with van der Waals surface area (Å²) >= 11 is 0. The van der Waals surface area contributed by atoms with E-state index in [9.17, 15) is 9.50 Å². The number of hydrogen-bond donors (Lipinski definition) is 1. The van der Waals surface area contributed by atoms with Crippen molar-refractivity contribution in [3.8, 4) is 5.75 Å². The third-order valence-electron chi connectivity index (χ3n) is 3.26. The van der Waals surface area contributed by atoms with Gasteiger partial charge in [0.05, 0.1) is 0 Å². The maximum Gasteiger partial charge on any atom is 0.165 e. The van der Waals surface area contributed by atoms with Crippen LogP contribution in [0, 0.1) is 5.82 Å². The van der Waals surface area contributed by atoms with E-state index in [0.717, 1.165) is 12.1 Å². The van der Waals surface area contributed by atoms with Crippen LogP contribution in [0.3, 0.4) is 0 Å². The van der Waals surface area contributed by atoms with Gasteiger partial charge in [0.25, 0.3) is 0 Å². The van der Waals surface area contributed by atoms with Gasteiger partial charge in [0.15, 0.2) is 11.6 Å². The second kappa shape index (κ2) is 5.74. The molecule has 100 valence electrons. The molecular weight excluding hydrogens is 241 g/mol. The van der Waals surface area contributed by atoms with E-state index < -0.39 is 5.82 Å². The fourth-order valence-electron chi connectivity index (χ4n) is 2.02. The van der Waals surface area contributed by atoms with Gasteiger partial charge in [-0.15, -0.1) is 0 Å². The van der Waals surface area contributed by atoms with Crippen molar-refractivity contribution >= 4 is 5.69 Å². The van der Waals surface area contributed by atoms with Gasteiger partial charge >= 0.3 is 0 Å². The van der Waals surface area contributed by atoms with Crippen molar-refractivity contribution in [1.82, 2.24) is 0 Å². The first-order chi connectivity index (χ1) is 9.11. The summed E-state index contributed by atoms with van der Waals surface area (Å²) in [7, 11) is 1.92. The van der Waals surface area contributed by atoms with E-state index in [4.69, 9.17) is 0 Å². The van der Waals surface area contributed by atoms with E-state index in [0.29, 0.717) is 12.1 Å². The predicted octanol–water partition coefficient (Wildman–Crippen LogP) is 3.73. The molecule has 2 aromatic rings. The van der Waals surface area contributed by atoms with Crippen LogP contribution in [-0.2, 0) is 13.0 Å². The summed E-state index contributed by atoms with van der Waals surface area (Å²) in [6.45, 7) is 2.58. The summed E-state index contributed by atoms with van der Waals surface area (Å²) < 4.78 is 13.3. The lowest BCUT2D eigenvalue weighted by Crippen LogP contribution is -2.16. The largest absolute Gasteiger partial charge is 0.505 e. The van der Waals surface area contributed by atoms with Crippen LogP contribution < -0.4 is 4.90 Å². The standard InChI is InChI=1S/C16H18FNO/c1-3-12-7-9-14(10-8-12)18(2)11-13-5-4-6-15(17)16(13)19/h4-10,19H,3,11H2,1-2H3. The number of nitrogens with zero attached hydrogens (tertiary/aromatic N) is 1. The fourth-order valence-corrected chi connectivity index (χ4v) is 2.02. The number of anilines is 1. The van der Waals surface area contributed by atoms with Gasteiger partial charge in [0, 0.05) is 24.8 Å². The molecule has 0 aromatic heterocycles. The Labute approximate surface area is 113 Å². The number of para-hydroxylation sites is 1. The zero-order valence-electron chi connectivity index (χ0n) is 11.2. The van der Waals surface area contributed by atoms with Crippen LogP contribution in [0.15, 0.2) is 42.5 Å². The smallest absolute Gasteiger partial charge is 0.165 e. The second-order valence-electron chi connectivity index (χ2n) is 4.62. The number of aryl methyl sites for hydroxylation is 1. The quantitative estimate of drug-likeness (QED) is 0.904. The molecule has 3 heteroatoms. The molecule has 0 aliphatic heterocycles. The molecule has 0 aliphatic carbocycles. The lowest BCUT2D eigenvalue weighted by Gasteiger charge is -2.20. The van der Waals surface area contributed by atoms with Gasteiger partial charge in [-0.3, -0.25) is 0 Å². The predicted molar refractivity (Wildman–Crippen MR) is 76.0 cm³/mol. The molecule has 0 aliphatic rings. The molecule has 1 N–H and O–H groups in total. The highest BCUT2D eigenvalue weighted by atomic mass is 19.1. The molecule has 0 unspecified atom stereocenters. The second-order valence-corrected chi connectivity index (χ2v) is 4.62. The third-order valence-corrected chi connectivity index (χ3v) is 3.26. The number of aromatic hydroxyl groups is 1. The maximum atomic E-state index is 13.3. The minimum absolute atomic E-state index is 0.264. The Bertz CT molecular complexity index is 551. The van der Waals surface area contributed by atoms with Crippen molar-refractivity contribution in [2.45, 2.75) is 19.9 Å². The summed E-state index contributed by atoms with van der Waals surface area (Å²) in [4.78, 5) is 1.98. The minimum atomic E-state index is -0.577. The topological polar surface area (TPSA) is 23.5 Å². The molecule has 2 aromatic carbocycles. The van der Waals surface area contributed by atoms with E-state index >= 15 is 0 Å². The van der Waals surface area contributed by atoms with Gasteiger partial charge < -0.3 is 10.0 Å².